The quantitative estimate of drug-likeness (QED) is 0.631. The molecule has 3 aromatic rings. The van der Waals surface area contributed by atoms with Crippen molar-refractivity contribution in [2.75, 3.05) is 12.3 Å². The number of nitrogens with two attached hydrogens (primary N) is 1. The van der Waals surface area contributed by atoms with Gasteiger partial charge in [-0.05, 0) is 30.7 Å². The van der Waals surface area contributed by atoms with E-state index in [-0.39, 0.29) is 5.56 Å². The van der Waals surface area contributed by atoms with Gasteiger partial charge in [0.2, 0.25) is 0 Å². The number of hydrogen-bond donors (Lipinski definition) is 3. The fraction of sp³-hybridized carbons (Fsp3) is 0.235. The fourth-order valence-corrected chi connectivity index (χ4v) is 3.00. The molecular weight excluding hydrogens is 304 g/mol. The molecule has 1 aliphatic heterocycles. The molecule has 4 N–H and O–H groups in total. The van der Waals surface area contributed by atoms with E-state index in [9.17, 15) is 4.79 Å². The maximum Gasteiger partial charge on any atom is 0.254 e. The van der Waals surface area contributed by atoms with Crippen molar-refractivity contribution >= 4 is 5.69 Å². The van der Waals surface area contributed by atoms with Gasteiger partial charge >= 0.3 is 0 Å². The summed E-state index contributed by atoms with van der Waals surface area (Å²) in [7, 11) is 0. The highest BCUT2D eigenvalue weighted by Gasteiger charge is 2.21. The minimum atomic E-state index is -0.0514. The number of anilines is 1. The number of rotatable bonds is 3. The lowest BCUT2D eigenvalue weighted by Gasteiger charge is -2.26. The Labute approximate surface area is 138 Å². The lowest BCUT2D eigenvalue weighted by atomic mass is 10.1. The van der Waals surface area contributed by atoms with Gasteiger partial charge in [0.1, 0.15) is 11.6 Å². The summed E-state index contributed by atoms with van der Waals surface area (Å²) in [6.07, 6.45) is 4.26. The Kier molecular flexibility index (Phi) is 3.62. The minimum Gasteiger partial charge on any atom is -0.399 e. The Hall–Kier alpha value is -2.93. The summed E-state index contributed by atoms with van der Waals surface area (Å²) in [4.78, 5) is 29.6. The second-order valence-corrected chi connectivity index (χ2v) is 5.96. The van der Waals surface area contributed by atoms with Crippen LogP contribution in [-0.2, 0) is 19.5 Å². The molecule has 24 heavy (non-hydrogen) atoms. The lowest BCUT2D eigenvalue weighted by molar-refractivity contribution is 0.235. The van der Waals surface area contributed by atoms with Crippen LogP contribution < -0.4 is 11.3 Å². The summed E-state index contributed by atoms with van der Waals surface area (Å²) in [5, 5.41) is 0. The first kappa shape index (κ1) is 14.6. The van der Waals surface area contributed by atoms with Crippen LogP contribution in [0.25, 0.3) is 11.4 Å². The second-order valence-electron chi connectivity index (χ2n) is 5.96. The van der Waals surface area contributed by atoms with Crippen LogP contribution in [0.4, 0.5) is 5.69 Å². The number of nitrogens with zero attached hydrogens (tertiary/aromatic N) is 3. The number of imidazole rings is 1. The van der Waals surface area contributed by atoms with E-state index in [2.05, 4.69) is 24.8 Å². The number of H-pyrrole nitrogens is 2. The molecule has 0 radical (unpaired) electrons. The molecule has 0 spiro atoms. The molecule has 0 unspecified atom stereocenters. The van der Waals surface area contributed by atoms with E-state index in [4.69, 9.17) is 5.73 Å². The van der Waals surface area contributed by atoms with Crippen LogP contribution in [0, 0.1) is 0 Å². The first-order chi connectivity index (χ1) is 11.7. The van der Waals surface area contributed by atoms with Crippen molar-refractivity contribution in [1.29, 1.82) is 0 Å². The van der Waals surface area contributed by atoms with E-state index < -0.39 is 0 Å². The van der Waals surface area contributed by atoms with Gasteiger partial charge in [-0.25, -0.2) is 9.97 Å². The van der Waals surface area contributed by atoms with Gasteiger partial charge in [0, 0.05) is 42.3 Å². The lowest BCUT2D eigenvalue weighted by Crippen LogP contribution is -2.35. The summed E-state index contributed by atoms with van der Waals surface area (Å²) >= 11 is 0. The Balaban J connectivity index is 1.64. The van der Waals surface area contributed by atoms with Crippen LogP contribution in [0.5, 0.6) is 0 Å². The number of benzene rings is 1. The molecule has 3 heterocycles. The van der Waals surface area contributed by atoms with Gasteiger partial charge in [-0.2, -0.15) is 0 Å². The van der Waals surface area contributed by atoms with Crippen LogP contribution in [-0.4, -0.2) is 31.4 Å². The second kappa shape index (κ2) is 5.93. The molecule has 0 saturated carbocycles. The Bertz CT molecular complexity index is 898. The van der Waals surface area contributed by atoms with Crippen LogP contribution in [0.1, 0.15) is 17.1 Å². The van der Waals surface area contributed by atoms with Gasteiger partial charge in [0.15, 0.2) is 0 Å². The highest BCUT2D eigenvalue weighted by atomic mass is 16.1. The molecule has 7 nitrogen and oxygen atoms in total. The molecular formula is C17H18N6O. The number of nitrogens with one attached hydrogen (secondary N) is 2. The standard InChI is InChI=1S/C17H18N6O/c18-12-3-1-11(2-4-12)16-21-14-9-23(10-15-19-6-7-20-15)8-5-13(14)17(24)22-16/h1-4,6-7H,5,8-10,18H2,(H,19,20)(H,21,22,24). The first-order valence-corrected chi connectivity index (χ1v) is 7.87. The summed E-state index contributed by atoms with van der Waals surface area (Å²) in [6, 6.07) is 7.34. The summed E-state index contributed by atoms with van der Waals surface area (Å²) in [5.74, 6) is 1.50. The summed E-state index contributed by atoms with van der Waals surface area (Å²) in [6.45, 7) is 2.18. The fourth-order valence-electron chi connectivity index (χ4n) is 3.00. The molecule has 1 aliphatic rings. The van der Waals surface area contributed by atoms with Crippen molar-refractivity contribution in [3.05, 3.63) is 64.1 Å². The number of aromatic nitrogens is 4. The molecule has 122 valence electrons. The van der Waals surface area contributed by atoms with Gasteiger partial charge in [0.05, 0.1) is 12.2 Å². The van der Waals surface area contributed by atoms with Crippen molar-refractivity contribution in [2.24, 2.45) is 0 Å². The van der Waals surface area contributed by atoms with Gasteiger partial charge < -0.3 is 15.7 Å². The molecule has 0 atom stereocenters. The monoisotopic (exact) mass is 322 g/mol. The van der Waals surface area contributed by atoms with Gasteiger partial charge in [-0.15, -0.1) is 0 Å². The van der Waals surface area contributed by atoms with E-state index >= 15 is 0 Å². The molecule has 4 rings (SSSR count). The number of hydrogen-bond acceptors (Lipinski definition) is 5. The van der Waals surface area contributed by atoms with E-state index in [0.29, 0.717) is 24.5 Å². The third-order valence-corrected chi connectivity index (χ3v) is 4.26. The number of fused-ring (bicyclic) bond motifs is 1. The van der Waals surface area contributed by atoms with Crippen LogP contribution in [0.2, 0.25) is 0 Å². The van der Waals surface area contributed by atoms with E-state index in [1.807, 2.05) is 18.3 Å². The van der Waals surface area contributed by atoms with Gasteiger partial charge in [-0.3, -0.25) is 9.69 Å². The first-order valence-electron chi connectivity index (χ1n) is 7.87. The van der Waals surface area contributed by atoms with E-state index in [1.165, 1.54) is 0 Å². The molecule has 0 aliphatic carbocycles. The number of aromatic amines is 2. The van der Waals surface area contributed by atoms with Crippen molar-refractivity contribution in [2.45, 2.75) is 19.5 Å². The number of nitrogen functional groups attached to an aromatic ring is 1. The predicted molar refractivity (Wildman–Crippen MR) is 91.1 cm³/mol. The molecule has 7 heteroatoms. The molecule has 2 aromatic heterocycles. The molecule has 1 aromatic carbocycles. The predicted octanol–water partition coefficient (Wildman–Crippen LogP) is 1.30. The van der Waals surface area contributed by atoms with Crippen molar-refractivity contribution in [3.8, 4) is 11.4 Å². The van der Waals surface area contributed by atoms with Crippen LogP contribution >= 0.6 is 0 Å². The summed E-state index contributed by atoms with van der Waals surface area (Å²) < 4.78 is 0. The highest BCUT2D eigenvalue weighted by molar-refractivity contribution is 5.58. The van der Waals surface area contributed by atoms with Crippen LogP contribution in [0.15, 0.2) is 41.5 Å². The molecule has 0 saturated heterocycles. The normalized spacial score (nSPS) is 14.5. The molecule has 0 fully saturated rings. The maximum absolute atomic E-state index is 12.4. The third-order valence-electron chi connectivity index (χ3n) is 4.26. The third kappa shape index (κ3) is 2.81. The van der Waals surface area contributed by atoms with Crippen molar-refractivity contribution in [1.82, 2.24) is 24.8 Å². The summed E-state index contributed by atoms with van der Waals surface area (Å²) in [5.41, 5.74) is 8.83. The Morgan fingerprint density at radius 3 is 2.83 bits per heavy atom. The average molecular weight is 322 g/mol. The average Bonchev–Trinajstić information content (AvgIpc) is 3.08. The maximum atomic E-state index is 12.4. The van der Waals surface area contributed by atoms with Gasteiger partial charge in [-0.1, -0.05) is 0 Å². The van der Waals surface area contributed by atoms with E-state index in [1.54, 1.807) is 18.3 Å². The Morgan fingerprint density at radius 2 is 2.08 bits per heavy atom. The van der Waals surface area contributed by atoms with Crippen molar-refractivity contribution < 1.29 is 0 Å². The minimum absolute atomic E-state index is 0.0514. The van der Waals surface area contributed by atoms with E-state index in [0.717, 1.165) is 35.7 Å². The zero-order valence-electron chi connectivity index (χ0n) is 13.1. The van der Waals surface area contributed by atoms with Gasteiger partial charge in [0.25, 0.3) is 5.56 Å². The highest BCUT2D eigenvalue weighted by Crippen LogP contribution is 2.20. The zero-order valence-corrected chi connectivity index (χ0v) is 13.1. The zero-order chi connectivity index (χ0) is 16.5. The van der Waals surface area contributed by atoms with Crippen LogP contribution in [0.3, 0.4) is 0 Å². The van der Waals surface area contributed by atoms with Crippen molar-refractivity contribution in [3.63, 3.8) is 0 Å². The topological polar surface area (TPSA) is 104 Å². The SMILES string of the molecule is Nc1ccc(-c2nc3c(c(=O)[nH]2)CCN(Cc2ncc[nH]2)C3)cc1. The largest absolute Gasteiger partial charge is 0.399 e. The Morgan fingerprint density at radius 1 is 1.25 bits per heavy atom. The smallest absolute Gasteiger partial charge is 0.254 e. The molecule has 0 bridgehead atoms. The molecule has 0 amide bonds.